The minimum absolute atomic E-state index is 0.191. The molecule has 0 saturated heterocycles. The van der Waals surface area contributed by atoms with Crippen LogP contribution in [0.1, 0.15) is 24.5 Å². The van der Waals surface area contributed by atoms with Crippen molar-refractivity contribution >= 4 is 10.0 Å². The Bertz CT molecular complexity index is 801. The Morgan fingerprint density at radius 1 is 1.22 bits per heavy atom. The highest BCUT2D eigenvalue weighted by atomic mass is 32.2. The molecule has 0 radical (unpaired) electrons. The van der Waals surface area contributed by atoms with Gasteiger partial charge in [0.25, 0.3) is 0 Å². The lowest BCUT2D eigenvalue weighted by Crippen LogP contribution is -2.40. The molecule has 0 amide bonds. The van der Waals surface area contributed by atoms with E-state index in [0.717, 1.165) is 12.8 Å². The normalized spacial score (nSPS) is 18.6. The highest BCUT2D eigenvalue weighted by molar-refractivity contribution is 7.90. The first-order valence-electron chi connectivity index (χ1n) is 7.58. The Kier molecular flexibility index (Phi) is 3.53. The molecule has 1 aliphatic heterocycles. The molecule has 0 bridgehead atoms. The van der Waals surface area contributed by atoms with Crippen LogP contribution in [0.3, 0.4) is 0 Å². The van der Waals surface area contributed by atoms with Crippen molar-refractivity contribution in [3.05, 3.63) is 36.0 Å². The second-order valence-corrected chi connectivity index (χ2v) is 7.93. The maximum absolute atomic E-state index is 12.3. The van der Waals surface area contributed by atoms with Gasteiger partial charge in [0.1, 0.15) is 12.4 Å². The van der Waals surface area contributed by atoms with E-state index in [0.29, 0.717) is 30.6 Å². The minimum Gasteiger partial charge on any atom is -0.469 e. The zero-order chi connectivity index (χ0) is 15.9. The fraction of sp³-hybridized carbons (Fsp3) is 0.500. The predicted molar refractivity (Wildman–Crippen MR) is 80.9 cm³/mol. The van der Waals surface area contributed by atoms with E-state index in [4.69, 9.17) is 4.74 Å². The second kappa shape index (κ2) is 5.57. The number of hydrogen-bond donors (Lipinski definition) is 0. The van der Waals surface area contributed by atoms with Gasteiger partial charge in [0.15, 0.2) is 5.82 Å². The van der Waals surface area contributed by atoms with Crippen molar-refractivity contribution in [3.63, 3.8) is 0 Å². The molecule has 2 aliphatic rings. The molecule has 0 unspecified atom stereocenters. The molecule has 0 atom stereocenters. The number of ether oxygens (including phenoxy) is 1. The first-order valence-corrected chi connectivity index (χ1v) is 9.08. The predicted octanol–water partition coefficient (Wildman–Crippen LogP) is 0.560. The van der Waals surface area contributed by atoms with Crippen LogP contribution in [0.25, 0.3) is 0 Å². The number of rotatable bonds is 5. The summed E-state index contributed by atoms with van der Waals surface area (Å²) in [5.41, 5.74) is 0. The van der Waals surface area contributed by atoms with Crippen LogP contribution >= 0.6 is 0 Å². The van der Waals surface area contributed by atoms with Crippen molar-refractivity contribution in [1.29, 1.82) is 0 Å². The van der Waals surface area contributed by atoms with Gasteiger partial charge in [0.2, 0.25) is 15.9 Å². The SMILES string of the molecule is O=S(=O)(C1CC1)N1CCn2c(COc3ccccn3)nnc2C1. The van der Waals surface area contributed by atoms with Gasteiger partial charge in [-0.05, 0) is 18.9 Å². The third-order valence-electron chi connectivity index (χ3n) is 4.09. The van der Waals surface area contributed by atoms with Crippen LogP contribution in [0, 0.1) is 0 Å². The number of fused-ring (bicyclic) bond motifs is 1. The average Bonchev–Trinajstić information content (AvgIpc) is 3.36. The number of nitrogens with zero attached hydrogens (tertiary/aromatic N) is 5. The van der Waals surface area contributed by atoms with Crippen LogP contribution in [0.4, 0.5) is 0 Å². The Hall–Kier alpha value is -2.00. The zero-order valence-electron chi connectivity index (χ0n) is 12.5. The largest absolute Gasteiger partial charge is 0.469 e. The summed E-state index contributed by atoms with van der Waals surface area (Å²) in [4.78, 5) is 4.09. The molecule has 23 heavy (non-hydrogen) atoms. The zero-order valence-corrected chi connectivity index (χ0v) is 13.3. The van der Waals surface area contributed by atoms with Crippen molar-refractivity contribution in [1.82, 2.24) is 24.1 Å². The fourth-order valence-electron chi connectivity index (χ4n) is 2.67. The van der Waals surface area contributed by atoms with Crippen molar-refractivity contribution < 1.29 is 13.2 Å². The molecule has 0 N–H and O–H groups in total. The molecular weight excluding hydrogens is 318 g/mol. The number of hydrogen-bond acceptors (Lipinski definition) is 6. The van der Waals surface area contributed by atoms with Crippen molar-refractivity contribution in [2.75, 3.05) is 6.54 Å². The molecule has 9 heteroatoms. The van der Waals surface area contributed by atoms with Crippen molar-refractivity contribution in [2.24, 2.45) is 0 Å². The fourth-order valence-corrected chi connectivity index (χ4v) is 4.45. The van der Waals surface area contributed by atoms with Gasteiger partial charge in [-0.2, -0.15) is 4.31 Å². The highest BCUT2D eigenvalue weighted by Crippen LogP contribution is 2.32. The Balaban J connectivity index is 1.47. The van der Waals surface area contributed by atoms with Gasteiger partial charge >= 0.3 is 0 Å². The number of sulfonamides is 1. The van der Waals surface area contributed by atoms with Gasteiger partial charge in [0, 0.05) is 25.4 Å². The summed E-state index contributed by atoms with van der Waals surface area (Å²) in [5.74, 6) is 1.88. The van der Waals surface area contributed by atoms with Crippen LogP contribution in [-0.2, 0) is 29.7 Å². The van der Waals surface area contributed by atoms with Crippen molar-refractivity contribution in [2.45, 2.75) is 37.8 Å². The van der Waals surface area contributed by atoms with Gasteiger partial charge in [-0.25, -0.2) is 13.4 Å². The van der Waals surface area contributed by atoms with Gasteiger partial charge in [0.05, 0.1) is 11.8 Å². The van der Waals surface area contributed by atoms with Crippen LogP contribution in [0.2, 0.25) is 0 Å². The first kappa shape index (κ1) is 14.6. The van der Waals surface area contributed by atoms with E-state index in [1.807, 2.05) is 16.7 Å². The monoisotopic (exact) mass is 335 g/mol. The summed E-state index contributed by atoms with van der Waals surface area (Å²) in [5, 5.41) is 8.06. The molecule has 1 fully saturated rings. The quantitative estimate of drug-likeness (QED) is 0.793. The summed E-state index contributed by atoms with van der Waals surface area (Å²) in [6.07, 6.45) is 3.21. The van der Waals surface area contributed by atoms with Gasteiger partial charge in [-0.1, -0.05) is 6.07 Å². The molecule has 0 spiro atoms. The molecule has 4 rings (SSSR count). The van der Waals surface area contributed by atoms with E-state index in [9.17, 15) is 8.42 Å². The maximum atomic E-state index is 12.3. The van der Waals surface area contributed by atoms with E-state index >= 15 is 0 Å². The molecule has 2 aromatic rings. The van der Waals surface area contributed by atoms with E-state index in [1.165, 1.54) is 4.31 Å². The van der Waals surface area contributed by atoms with E-state index in [-0.39, 0.29) is 18.4 Å². The van der Waals surface area contributed by atoms with E-state index < -0.39 is 10.0 Å². The second-order valence-electron chi connectivity index (χ2n) is 5.72. The number of aromatic nitrogens is 4. The lowest BCUT2D eigenvalue weighted by Gasteiger charge is -2.27. The van der Waals surface area contributed by atoms with E-state index in [1.54, 1.807) is 12.3 Å². The summed E-state index contributed by atoms with van der Waals surface area (Å²) in [7, 11) is -3.17. The molecule has 1 saturated carbocycles. The molecule has 8 nitrogen and oxygen atoms in total. The maximum Gasteiger partial charge on any atom is 0.217 e. The molecule has 122 valence electrons. The molecule has 3 heterocycles. The Labute approximate surface area is 134 Å². The molecule has 1 aliphatic carbocycles. The van der Waals surface area contributed by atoms with Gasteiger partial charge in [-0.3, -0.25) is 0 Å². The Morgan fingerprint density at radius 3 is 2.83 bits per heavy atom. The molecule has 0 aromatic carbocycles. The smallest absolute Gasteiger partial charge is 0.217 e. The van der Waals surface area contributed by atoms with Gasteiger partial charge in [-0.15, -0.1) is 10.2 Å². The summed E-state index contributed by atoms with van der Waals surface area (Å²) in [6.45, 7) is 1.56. The van der Waals surface area contributed by atoms with Gasteiger partial charge < -0.3 is 9.30 Å². The third-order valence-corrected chi connectivity index (χ3v) is 6.43. The average molecular weight is 335 g/mol. The standard InChI is InChI=1S/C14H17N5O3S/c20-23(21,11-4-5-11)18-7-8-19-12(9-18)16-17-13(19)10-22-14-3-1-2-6-15-14/h1-3,6,11H,4-5,7-10H2. The van der Waals surface area contributed by atoms with Crippen LogP contribution in [-0.4, -0.2) is 44.3 Å². The van der Waals surface area contributed by atoms with Crippen LogP contribution in [0.15, 0.2) is 24.4 Å². The molecular formula is C14H17N5O3S. The number of pyridine rings is 1. The summed E-state index contributed by atoms with van der Waals surface area (Å²) in [6, 6.07) is 5.44. The lowest BCUT2D eigenvalue weighted by molar-refractivity contribution is 0.267. The minimum atomic E-state index is -3.17. The van der Waals surface area contributed by atoms with E-state index in [2.05, 4.69) is 15.2 Å². The molecule has 2 aromatic heterocycles. The first-order chi connectivity index (χ1) is 11.1. The highest BCUT2D eigenvalue weighted by Gasteiger charge is 2.41. The summed E-state index contributed by atoms with van der Waals surface area (Å²) < 4.78 is 33.7. The summed E-state index contributed by atoms with van der Waals surface area (Å²) >= 11 is 0. The topological polar surface area (TPSA) is 90.2 Å². The van der Waals surface area contributed by atoms with Crippen LogP contribution in [0.5, 0.6) is 5.88 Å². The van der Waals surface area contributed by atoms with Crippen molar-refractivity contribution in [3.8, 4) is 5.88 Å². The van der Waals surface area contributed by atoms with Crippen LogP contribution < -0.4 is 4.74 Å². The lowest BCUT2D eigenvalue weighted by atomic mass is 10.4. The third kappa shape index (κ3) is 2.81. The Morgan fingerprint density at radius 2 is 2.09 bits per heavy atom.